The standard InChI is InChI=1S/C17H19Cl2N3O2/c1-10-13(16(23)22-7-6-17(2,8-20)9-22)15(21-24-10)14-11(18)4-3-5-12(14)19/h3-5H,6-9,20H2,1-2H3. The van der Waals surface area contributed by atoms with E-state index < -0.39 is 0 Å². The highest BCUT2D eigenvalue weighted by Crippen LogP contribution is 2.38. The molecule has 1 aliphatic rings. The van der Waals surface area contributed by atoms with Crippen molar-refractivity contribution in [3.8, 4) is 11.3 Å². The number of rotatable bonds is 3. The van der Waals surface area contributed by atoms with Gasteiger partial charge in [0.2, 0.25) is 0 Å². The highest BCUT2D eigenvalue weighted by atomic mass is 35.5. The van der Waals surface area contributed by atoms with Gasteiger partial charge in [0.25, 0.3) is 5.91 Å². The molecule has 1 amide bonds. The Hall–Kier alpha value is -1.56. The Morgan fingerprint density at radius 3 is 2.67 bits per heavy atom. The number of amides is 1. The van der Waals surface area contributed by atoms with Crippen molar-refractivity contribution in [2.24, 2.45) is 11.1 Å². The van der Waals surface area contributed by atoms with E-state index in [4.69, 9.17) is 33.5 Å². The van der Waals surface area contributed by atoms with Gasteiger partial charge in [0.1, 0.15) is 17.0 Å². The molecule has 2 heterocycles. The zero-order valence-corrected chi connectivity index (χ0v) is 15.1. The summed E-state index contributed by atoms with van der Waals surface area (Å²) in [4.78, 5) is 14.8. The zero-order valence-electron chi connectivity index (χ0n) is 13.6. The molecule has 1 unspecified atom stereocenters. The molecule has 2 aromatic rings. The van der Waals surface area contributed by atoms with Crippen molar-refractivity contribution in [2.75, 3.05) is 19.6 Å². The van der Waals surface area contributed by atoms with E-state index >= 15 is 0 Å². The maximum Gasteiger partial charge on any atom is 0.259 e. The van der Waals surface area contributed by atoms with Crippen LogP contribution in [0.4, 0.5) is 0 Å². The Kier molecular flexibility index (Phi) is 4.60. The third kappa shape index (κ3) is 2.92. The molecular formula is C17H19Cl2N3O2. The third-order valence-corrected chi connectivity index (χ3v) is 5.24. The van der Waals surface area contributed by atoms with Crippen LogP contribution in [-0.2, 0) is 0 Å². The molecule has 2 N–H and O–H groups in total. The van der Waals surface area contributed by atoms with Crippen LogP contribution in [-0.4, -0.2) is 35.6 Å². The number of nitrogens with two attached hydrogens (primary N) is 1. The lowest BCUT2D eigenvalue weighted by Gasteiger charge is -2.22. The Labute approximate surface area is 150 Å². The second-order valence-corrected chi connectivity index (χ2v) is 7.36. The first kappa shape index (κ1) is 17.3. The molecule has 0 saturated carbocycles. The molecule has 0 bridgehead atoms. The normalized spacial score (nSPS) is 20.6. The van der Waals surface area contributed by atoms with E-state index in [-0.39, 0.29) is 11.3 Å². The van der Waals surface area contributed by atoms with Crippen LogP contribution in [0.1, 0.15) is 29.5 Å². The summed E-state index contributed by atoms with van der Waals surface area (Å²) in [7, 11) is 0. The molecule has 3 rings (SSSR count). The van der Waals surface area contributed by atoms with Crippen molar-refractivity contribution in [3.63, 3.8) is 0 Å². The fourth-order valence-corrected chi connectivity index (χ4v) is 3.62. The number of aryl methyl sites for hydroxylation is 1. The minimum atomic E-state index is -0.128. The van der Waals surface area contributed by atoms with Gasteiger partial charge >= 0.3 is 0 Å². The maximum atomic E-state index is 13.0. The van der Waals surface area contributed by atoms with Gasteiger partial charge in [-0.2, -0.15) is 0 Å². The van der Waals surface area contributed by atoms with E-state index in [2.05, 4.69) is 12.1 Å². The predicted octanol–water partition coefficient (Wildman–Crippen LogP) is 3.77. The number of carbonyl (C=O) groups is 1. The van der Waals surface area contributed by atoms with Crippen LogP contribution in [0.3, 0.4) is 0 Å². The molecule has 5 nitrogen and oxygen atoms in total. The summed E-state index contributed by atoms with van der Waals surface area (Å²) in [6.45, 7) is 5.62. The Balaban J connectivity index is 2.01. The van der Waals surface area contributed by atoms with E-state index in [1.54, 1.807) is 30.0 Å². The van der Waals surface area contributed by atoms with E-state index in [0.717, 1.165) is 6.42 Å². The van der Waals surface area contributed by atoms with Gasteiger partial charge in [-0.1, -0.05) is 41.3 Å². The largest absolute Gasteiger partial charge is 0.360 e. The van der Waals surface area contributed by atoms with Crippen LogP contribution in [0.2, 0.25) is 10.0 Å². The average molecular weight is 368 g/mol. The lowest BCUT2D eigenvalue weighted by atomic mass is 9.90. The number of halogens is 2. The average Bonchev–Trinajstić information content (AvgIpc) is 3.11. The molecule has 7 heteroatoms. The smallest absolute Gasteiger partial charge is 0.259 e. The number of hydrogen-bond acceptors (Lipinski definition) is 4. The number of carbonyl (C=O) groups excluding carboxylic acids is 1. The highest BCUT2D eigenvalue weighted by molar-refractivity contribution is 6.39. The molecule has 1 aliphatic heterocycles. The number of likely N-dealkylation sites (tertiary alicyclic amines) is 1. The van der Waals surface area contributed by atoms with Crippen molar-refractivity contribution < 1.29 is 9.32 Å². The van der Waals surface area contributed by atoms with Crippen LogP contribution >= 0.6 is 23.2 Å². The summed E-state index contributed by atoms with van der Waals surface area (Å²) >= 11 is 12.5. The summed E-state index contributed by atoms with van der Waals surface area (Å²) in [6, 6.07) is 5.17. The number of aromatic nitrogens is 1. The van der Waals surface area contributed by atoms with Crippen molar-refractivity contribution in [1.82, 2.24) is 10.1 Å². The van der Waals surface area contributed by atoms with Gasteiger partial charge in [0.05, 0.1) is 10.0 Å². The Morgan fingerprint density at radius 2 is 2.08 bits per heavy atom. The molecule has 0 spiro atoms. The molecular weight excluding hydrogens is 349 g/mol. The van der Waals surface area contributed by atoms with Crippen molar-refractivity contribution >= 4 is 29.1 Å². The summed E-state index contributed by atoms with van der Waals surface area (Å²) in [5.74, 6) is 0.323. The summed E-state index contributed by atoms with van der Waals surface area (Å²) in [6.07, 6.45) is 0.877. The van der Waals surface area contributed by atoms with Gasteiger partial charge in [-0.15, -0.1) is 0 Å². The summed E-state index contributed by atoms with van der Waals surface area (Å²) in [5.41, 5.74) is 7.09. The SMILES string of the molecule is Cc1onc(-c2c(Cl)cccc2Cl)c1C(=O)N1CCC(C)(CN)C1. The summed E-state index contributed by atoms with van der Waals surface area (Å²) < 4.78 is 5.28. The quantitative estimate of drug-likeness (QED) is 0.895. The molecule has 1 fully saturated rings. The minimum Gasteiger partial charge on any atom is -0.360 e. The first-order valence-corrected chi connectivity index (χ1v) is 8.52. The van der Waals surface area contributed by atoms with Crippen LogP contribution in [0.5, 0.6) is 0 Å². The van der Waals surface area contributed by atoms with Crippen LogP contribution in [0, 0.1) is 12.3 Å². The second kappa shape index (κ2) is 6.39. The zero-order chi connectivity index (χ0) is 17.5. The molecule has 0 aliphatic carbocycles. The van der Waals surface area contributed by atoms with Crippen LogP contribution in [0.25, 0.3) is 11.3 Å². The Bertz CT molecular complexity index is 770. The van der Waals surface area contributed by atoms with E-state index in [1.807, 2.05) is 0 Å². The fraction of sp³-hybridized carbons (Fsp3) is 0.412. The molecule has 1 aromatic heterocycles. The molecule has 128 valence electrons. The lowest BCUT2D eigenvalue weighted by Crippen LogP contribution is -2.34. The molecule has 0 radical (unpaired) electrons. The van der Waals surface area contributed by atoms with Gasteiger partial charge in [0.15, 0.2) is 0 Å². The van der Waals surface area contributed by atoms with Crippen LogP contribution in [0.15, 0.2) is 22.7 Å². The molecule has 24 heavy (non-hydrogen) atoms. The van der Waals surface area contributed by atoms with Gasteiger partial charge in [-0.25, -0.2) is 0 Å². The van der Waals surface area contributed by atoms with Crippen LogP contribution < -0.4 is 5.73 Å². The van der Waals surface area contributed by atoms with Gasteiger partial charge in [-0.3, -0.25) is 4.79 Å². The molecule has 1 atom stereocenters. The number of benzene rings is 1. The summed E-state index contributed by atoms with van der Waals surface area (Å²) in [5, 5.41) is 4.90. The molecule has 1 saturated heterocycles. The maximum absolute atomic E-state index is 13.0. The predicted molar refractivity (Wildman–Crippen MR) is 94.4 cm³/mol. The van der Waals surface area contributed by atoms with Gasteiger partial charge in [-0.05, 0) is 37.4 Å². The van der Waals surface area contributed by atoms with E-state index in [9.17, 15) is 4.79 Å². The first-order valence-electron chi connectivity index (χ1n) is 7.76. The molecule has 1 aromatic carbocycles. The monoisotopic (exact) mass is 367 g/mol. The second-order valence-electron chi connectivity index (χ2n) is 6.55. The minimum absolute atomic E-state index is 0.0526. The van der Waals surface area contributed by atoms with Gasteiger partial charge in [0, 0.05) is 18.7 Å². The van der Waals surface area contributed by atoms with Crippen molar-refractivity contribution in [3.05, 3.63) is 39.6 Å². The topological polar surface area (TPSA) is 72.4 Å². The van der Waals surface area contributed by atoms with Gasteiger partial charge < -0.3 is 15.2 Å². The Morgan fingerprint density at radius 1 is 1.42 bits per heavy atom. The van der Waals surface area contributed by atoms with Crippen molar-refractivity contribution in [2.45, 2.75) is 20.3 Å². The van der Waals surface area contributed by atoms with E-state index in [0.29, 0.717) is 52.3 Å². The number of nitrogens with zero attached hydrogens (tertiary/aromatic N) is 2. The fourth-order valence-electron chi connectivity index (χ4n) is 3.04. The first-order chi connectivity index (χ1) is 11.4. The van der Waals surface area contributed by atoms with E-state index in [1.165, 1.54) is 0 Å². The highest BCUT2D eigenvalue weighted by Gasteiger charge is 2.37. The number of hydrogen-bond donors (Lipinski definition) is 1. The lowest BCUT2D eigenvalue weighted by molar-refractivity contribution is 0.0776. The third-order valence-electron chi connectivity index (χ3n) is 4.61. The van der Waals surface area contributed by atoms with Crippen molar-refractivity contribution in [1.29, 1.82) is 0 Å².